The van der Waals surface area contributed by atoms with Crippen LogP contribution in [0.3, 0.4) is 0 Å². The molecule has 4 N–H and O–H groups in total. The lowest BCUT2D eigenvalue weighted by Gasteiger charge is -2.17. The fraction of sp³-hybridized carbons (Fsp3) is 0.300. The van der Waals surface area contributed by atoms with Crippen LogP contribution >= 0.6 is 11.6 Å². The van der Waals surface area contributed by atoms with E-state index in [4.69, 9.17) is 36.3 Å². The predicted molar refractivity (Wildman–Crippen MR) is 176 cm³/mol. The Morgan fingerprint density at radius 1 is 0.809 bits per heavy atom. The molecular formula is C30H36ClN11O5. The first-order valence-electron chi connectivity index (χ1n) is 14.0. The molecule has 2 aromatic carbocycles. The maximum atomic E-state index is 12.2. The van der Waals surface area contributed by atoms with Crippen LogP contribution in [0.2, 0.25) is 5.15 Å². The number of anilines is 3. The van der Waals surface area contributed by atoms with Gasteiger partial charge in [0.2, 0.25) is 0 Å². The number of benzene rings is 2. The Bertz CT molecular complexity index is 1840. The van der Waals surface area contributed by atoms with Crippen molar-refractivity contribution in [3.8, 4) is 34.0 Å². The molecule has 0 saturated carbocycles. The van der Waals surface area contributed by atoms with Crippen LogP contribution < -0.4 is 25.8 Å². The van der Waals surface area contributed by atoms with Crippen molar-refractivity contribution < 1.29 is 23.7 Å². The van der Waals surface area contributed by atoms with Crippen molar-refractivity contribution in [3.63, 3.8) is 0 Å². The van der Waals surface area contributed by atoms with Crippen LogP contribution in [0.1, 0.15) is 21.6 Å². The zero-order valence-corrected chi connectivity index (χ0v) is 27.8. The minimum Gasteiger partial charge on any atom is -0.494 e. The highest BCUT2D eigenvalue weighted by Crippen LogP contribution is 2.39. The van der Waals surface area contributed by atoms with Crippen LogP contribution in [-0.2, 0) is 36.8 Å². The number of hydrogen-bond donors (Lipinski definition) is 3. The fourth-order valence-corrected chi connectivity index (χ4v) is 4.80. The molecule has 17 heteroatoms. The van der Waals surface area contributed by atoms with E-state index in [2.05, 4.69) is 41.2 Å². The number of carbonyl (C=O) groups is 1. The average Bonchev–Trinajstić information content (AvgIpc) is 3.69. The third-order valence-electron chi connectivity index (χ3n) is 6.58. The smallest absolute Gasteiger partial charge is 0.273 e. The van der Waals surface area contributed by atoms with Crippen molar-refractivity contribution in [2.24, 2.45) is 14.1 Å². The van der Waals surface area contributed by atoms with Gasteiger partial charge >= 0.3 is 0 Å². The van der Waals surface area contributed by atoms with E-state index in [-0.39, 0.29) is 10.8 Å². The summed E-state index contributed by atoms with van der Waals surface area (Å²) in [5.41, 5.74) is 12.3. The van der Waals surface area contributed by atoms with Gasteiger partial charge in [0.25, 0.3) is 5.91 Å². The fourth-order valence-electron chi connectivity index (χ4n) is 4.66. The number of nitrogens with zero attached hydrogens (tertiary/aromatic N) is 8. The van der Waals surface area contributed by atoms with Gasteiger partial charge in [-0.3, -0.25) is 4.79 Å². The monoisotopic (exact) mass is 665 g/mol. The average molecular weight is 666 g/mol. The van der Waals surface area contributed by atoms with Crippen molar-refractivity contribution in [1.29, 1.82) is 0 Å². The van der Waals surface area contributed by atoms with E-state index in [0.717, 1.165) is 22.4 Å². The van der Waals surface area contributed by atoms with Gasteiger partial charge in [-0.1, -0.05) is 11.6 Å². The summed E-state index contributed by atoms with van der Waals surface area (Å²) >= 11 is 6.00. The van der Waals surface area contributed by atoms with Gasteiger partial charge < -0.3 is 35.3 Å². The van der Waals surface area contributed by atoms with E-state index in [9.17, 15) is 4.79 Å². The maximum Gasteiger partial charge on any atom is 0.273 e. The first-order valence-corrected chi connectivity index (χ1v) is 14.4. The van der Waals surface area contributed by atoms with Gasteiger partial charge in [0, 0.05) is 52.6 Å². The Balaban J connectivity index is 0.000000238. The molecule has 3 aromatic heterocycles. The van der Waals surface area contributed by atoms with E-state index in [1.807, 2.05) is 24.3 Å². The summed E-state index contributed by atoms with van der Waals surface area (Å²) in [5, 5.41) is 30.3. The van der Waals surface area contributed by atoms with Crippen molar-refractivity contribution in [1.82, 2.24) is 45.5 Å². The van der Waals surface area contributed by atoms with E-state index in [1.165, 1.54) is 22.7 Å². The number of amides is 1. The number of rotatable bonds is 11. The molecule has 5 aromatic rings. The largest absolute Gasteiger partial charge is 0.494 e. The van der Waals surface area contributed by atoms with E-state index < -0.39 is 5.91 Å². The van der Waals surface area contributed by atoms with E-state index >= 15 is 0 Å². The molecule has 0 fully saturated rings. The third-order valence-corrected chi connectivity index (χ3v) is 6.77. The number of aryl methyl sites for hydroxylation is 2. The summed E-state index contributed by atoms with van der Waals surface area (Å²) in [4.78, 5) is 15.1. The Hall–Kier alpha value is -5.32. The zero-order chi connectivity index (χ0) is 34.1. The van der Waals surface area contributed by atoms with Crippen LogP contribution in [0.15, 0.2) is 42.7 Å². The molecule has 0 aliphatic heterocycles. The van der Waals surface area contributed by atoms with Gasteiger partial charge in [0.1, 0.15) is 11.4 Å². The van der Waals surface area contributed by atoms with Crippen LogP contribution in [0, 0.1) is 0 Å². The molecule has 0 aliphatic rings. The molecule has 248 valence electrons. The number of carbonyl (C=O) groups excluding carboxylic acids is 1. The highest BCUT2D eigenvalue weighted by molar-refractivity contribution is 6.29. The van der Waals surface area contributed by atoms with Crippen LogP contribution in [0.4, 0.5) is 17.1 Å². The number of hydrogen-bond acceptors (Lipinski definition) is 13. The summed E-state index contributed by atoms with van der Waals surface area (Å²) in [6, 6.07) is 9.06. The molecule has 0 atom stereocenters. The van der Waals surface area contributed by atoms with Crippen LogP contribution in [-0.4, -0.2) is 81.6 Å². The lowest BCUT2D eigenvalue weighted by molar-refractivity contribution is 0.0958. The SMILES string of the molecule is CNC(=O)c1nnc(Cl)cc1Nc1cc(COC)cc(-c2cnn(C)n2)c1OC.COCc1cc(N)c(OC)c(-c2cnn(C)n2)c1. The Kier molecular flexibility index (Phi) is 11.6. The van der Waals surface area contributed by atoms with E-state index in [0.29, 0.717) is 53.0 Å². The molecule has 1 amide bonds. The van der Waals surface area contributed by atoms with Gasteiger partial charge in [-0.2, -0.15) is 30.0 Å². The first-order chi connectivity index (χ1) is 22.6. The summed E-state index contributed by atoms with van der Waals surface area (Å²) in [7, 11) is 11.4. The van der Waals surface area contributed by atoms with Gasteiger partial charge in [0.05, 0.1) is 56.9 Å². The second-order valence-corrected chi connectivity index (χ2v) is 10.3. The summed E-state index contributed by atoms with van der Waals surface area (Å²) in [6.45, 7) is 0.852. The van der Waals surface area contributed by atoms with Crippen molar-refractivity contribution in [2.75, 3.05) is 46.5 Å². The van der Waals surface area contributed by atoms with Gasteiger partial charge in [-0.05, 0) is 35.4 Å². The Morgan fingerprint density at radius 2 is 1.36 bits per heavy atom. The first kappa shape index (κ1) is 34.6. The molecule has 5 rings (SSSR count). The minimum atomic E-state index is -0.405. The molecule has 0 saturated heterocycles. The number of nitrogens with one attached hydrogen (secondary N) is 2. The number of nitrogen functional groups attached to an aromatic ring is 1. The normalized spacial score (nSPS) is 10.6. The molecule has 16 nitrogen and oxygen atoms in total. The number of halogens is 1. The highest BCUT2D eigenvalue weighted by atomic mass is 35.5. The standard InChI is InChI=1S/C18H20ClN7O3.C12H16N4O2/c1-20-18(27)16-12(7-15(19)23-24-16)22-13-6-10(9-28-3)5-11(17(13)29-4)14-8-21-26(2)25-14;1-16-14-6-11(15-16)9-4-8(7-17-2)5-10(13)12(9)18-3/h5-8H,9H2,1-4H3,(H,20,27)(H,22,23);4-6H,7,13H2,1-3H3. The lowest BCUT2D eigenvalue weighted by atomic mass is 10.0. The number of aromatic nitrogens is 8. The third kappa shape index (κ3) is 8.29. The number of ether oxygens (including phenoxy) is 4. The molecule has 0 bridgehead atoms. The topological polar surface area (TPSA) is 191 Å². The molecule has 3 heterocycles. The second kappa shape index (κ2) is 15.8. The molecule has 0 unspecified atom stereocenters. The number of nitrogens with two attached hydrogens (primary N) is 1. The Labute approximate surface area is 276 Å². The second-order valence-electron chi connectivity index (χ2n) is 9.93. The van der Waals surface area contributed by atoms with E-state index in [1.54, 1.807) is 54.9 Å². The Morgan fingerprint density at radius 3 is 1.85 bits per heavy atom. The van der Waals surface area contributed by atoms with Crippen LogP contribution in [0.5, 0.6) is 11.5 Å². The maximum absolute atomic E-state index is 12.2. The minimum absolute atomic E-state index is 0.0946. The van der Waals surface area contributed by atoms with Gasteiger partial charge in [-0.15, -0.1) is 10.2 Å². The molecular weight excluding hydrogens is 630 g/mol. The molecule has 47 heavy (non-hydrogen) atoms. The van der Waals surface area contributed by atoms with Crippen molar-refractivity contribution >= 4 is 34.6 Å². The number of methoxy groups -OCH3 is 4. The quantitative estimate of drug-likeness (QED) is 0.174. The molecule has 0 aliphatic carbocycles. The molecule has 0 radical (unpaired) electrons. The predicted octanol–water partition coefficient (Wildman–Crippen LogP) is 3.40. The lowest BCUT2D eigenvalue weighted by Crippen LogP contribution is -2.21. The molecule has 0 spiro atoms. The van der Waals surface area contributed by atoms with Crippen molar-refractivity contribution in [3.05, 3.63) is 64.7 Å². The van der Waals surface area contributed by atoms with Crippen molar-refractivity contribution in [2.45, 2.75) is 13.2 Å². The summed E-state index contributed by atoms with van der Waals surface area (Å²) < 4.78 is 21.4. The highest BCUT2D eigenvalue weighted by Gasteiger charge is 2.20. The van der Waals surface area contributed by atoms with Gasteiger partial charge in [0.15, 0.2) is 22.3 Å². The zero-order valence-electron chi connectivity index (χ0n) is 27.0. The summed E-state index contributed by atoms with van der Waals surface area (Å²) in [5.74, 6) is 0.717. The van der Waals surface area contributed by atoms with Gasteiger partial charge in [-0.25, -0.2) is 0 Å². The summed E-state index contributed by atoms with van der Waals surface area (Å²) in [6.07, 6.45) is 3.31. The van der Waals surface area contributed by atoms with Crippen LogP contribution in [0.25, 0.3) is 22.5 Å².